The summed E-state index contributed by atoms with van der Waals surface area (Å²) in [6, 6.07) is 7.48. The Morgan fingerprint density at radius 2 is 2.21 bits per heavy atom. The Bertz CT molecular complexity index is 286. The molecule has 0 fully saturated rings. The van der Waals surface area contributed by atoms with Crippen molar-refractivity contribution in [3.63, 3.8) is 0 Å². The third-order valence-electron chi connectivity index (χ3n) is 1.96. The second-order valence-electron chi connectivity index (χ2n) is 3.84. The van der Waals surface area contributed by atoms with E-state index in [1.54, 1.807) is 12.1 Å². The van der Waals surface area contributed by atoms with Crippen molar-refractivity contribution in [3.05, 3.63) is 29.8 Å². The van der Waals surface area contributed by atoms with Crippen LogP contribution < -0.4 is 5.73 Å². The monoisotopic (exact) mass is 194 g/mol. The number of hydrogen-bond acceptors (Lipinski definition) is 3. The minimum atomic E-state index is 0.178. The Kier molecular flexibility index (Phi) is 3.92. The molecule has 78 valence electrons. The highest BCUT2D eigenvalue weighted by atomic mass is 16.3. The van der Waals surface area contributed by atoms with Crippen LogP contribution in [-0.2, 0) is 6.54 Å². The summed E-state index contributed by atoms with van der Waals surface area (Å²) >= 11 is 0. The Morgan fingerprint density at radius 1 is 1.50 bits per heavy atom. The van der Waals surface area contributed by atoms with Crippen LogP contribution in [0.3, 0.4) is 0 Å². The summed E-state index contributed by atoms with van der Waals surface area (Å²) in [5.41, 5.74) is 6.79. The Labute approximate surface area is 85.2 Å². The summed E-state index contributed by atoms with van der Waals surface area (Å²) in [5.74, 6) is 0.316. The average molecular weight is 194 g/mol. The van der Waals surface area contributed by atoms with Gasteiger partial charge in [-0.1, -0.05) is 12.1 Å². The molecule has 1 rings (SSSR count). The van der Waals surface area contributed by atoms with E-state index in [0.717, 1.165) is 18.7 Å². The van der Waals surface area contributed by atoms with E-state index in [0.29, 0.717) is 5.75 Å². The predicted octanol–water partition coefficient (Wildman–Crippen LogP) is 1.17. The van der Waals surface area contributed by atoms with E-state index in [4.69, 9.17) is 5.73 Å². The van der Waals surface area contributed by atoms with Crippen molar-refractivity contribution >= 4 is 0 Å². The van der Waals surface area contributed by atoms with E-state index in [1.807, 2.05) is 26.1 Å². The molecule has 3 nitrogen and oxygen atoms in total. The van der Waals surface area contributed by atoms with E-state index in [9.17, 15) is 5.11 Å². The van der Waals surface area contributed by atoms with Gasteiger partial charge in [-0.25, -0.2) is 0 Å². The molecule has 1 atom stereocenters. The van der Waals surface area contributed by atoms with Gasteiger partial charge >= 0.3 is 0 Å². The van der Waals surface area contributed by atoms with Crippen LogP contribution in [0.2, 0.25) is 0 Å². The van der Waals surface area contributed by atoms with Crippen molar-refractivity contribution in [2.75, 3.05) is 13.6 Å². The van der Waals surface area contributed by atoms with Crippen LogP contribution in [0.4, 0.5) is 0 Å². The third-order valence-corrected chi connectivity index (χ3v) is 1.96. The molecular weight excluding hydrogens is 176 g/mol. The van der Waals surface area contributed by atoms with Crippen molar-refractivity contribution in [2.45, 2.75) is 19.5 Å². The predicted molar refractivity (Wildman–Crippen MR) is 58.1 cm³/mol. The lowest BCUT2D eigenvalue weighted by Crippen LogP contribution is -2.32. The number of benzene rings is 1. The first-order chi connectivity index (χ1) is 6.58. The first-order valence-corrected chi connectivity index (χ1v) is 4.80. The molecule has 0 aliphatic carbocycles. The first kappa shape index (κ1) is 11.0. The summed E-state index contributed by atoms with van der Waals surface area (Å²) in [7, 11) is 2.02. The minimum Gasteiger partial charge on any atom is -0.508 e. The molecule has 1 aromatic carbocycles. The molecule has 0 spiro atoms. The van der Waals surface area contributed by atoms with Gasteiger partial charge in [-0.05, 0) is 31.7 Å². The molecule has 0 amide bonds. The number of hydrogen-bond donors (Lipinski definition) is 2. The number of nitrogens with zero attached hydrogens (tertiary/aromatic N) is 1. The van der Waals surface area contributed by atoms with Crippen LogP contribution in [0.15, 0.2) is 24.3 Å². The largest absolute Gasteiger partial charge is 0.508 e. The zero-order chi connectivity index (χ0) is 10.6. The van der Waals surface area contributed by atoms with Crippen molar-refractivity contribution in [2.24, 2.45) is 5.73 Å². The number of likely N-dealkylation sites (N-methyl/N-ethyl adjacent to an activating group) is 1. The third kappa shape index (κ3) is 3.77. The molecule has 0 bridgehead atoms. The zero-order valence-corrected chi connectivity index (χ0v) is 8.77. The fraction of sp³-hybridized carbons (Fsp3) is 0.455. The van der Waals surface area contributed by atoms with Gasteiger partial charge in [0.2, 0.25) is 0 Å². The molecular formula is C11H18N2O. The molecule has 1 aromatic rings. The standard InChI is InChI=1S/C11H18N2O/c1-9(12)7-13(2)8-10-4-3-5-11(14)6-10/h3-6,9,14H,7-8,12H2,1-2H3. The summed E-state index contributed by atoms with van der Waals surface area (Å²) in [6.45, 7) is 3.66. The Balaban J connectivity index is 2.51. The van der Waals surface area contributed by atoms with E-state index < -0.39 is 0 Å². The number of nitrogens with two attached hydrogens (primary N) is 1. The summed E-state index contributed by atoms with van der Waals surface area (Å²) < 4.78 is 0. The Hall–Kier alpha value is -1.06. The zero-order valence-electron chi connectivity index (χ0n) is 8.77. The van der Waals surface area contributed by atoms with E-state index in [-0.39, 0.29) is 6.04 Å². The van der Waals surface area contributed by atoms with Gasteiger partial charge < -0.3 is 15.7 Å². The number of aromatic hydroxyl groups is 1. The summed E-state index contributed by atoms with van der Waals surface area (Å²) in [4.78, 5) is 2.14. The normalized spacial score (nSPS) is 13.1. The Morgan fingerprint density at radius 3 is 2.79 bits per heavy atom. The number of phenolic OH excluding ortho intramolecular Hbond substituents is 1. The van der Waals surface area contributed by atoms with Crippen LogP contribution >= 0.6 is 0 Å². The SMILES string of the molecule is CC(N)CN(C)Cc1cccc(O)c1. The van der Waals surface area contributed by atoms with Gasteiger partial charge in [-0.2, -0.15) is 0 Å². The average Bonchev–Trinajstić information content (AvgIpc) is 2.01. The molecule has 0 aromatic heterocycles. The topological polar surface area (TPSA) is 49.5 Å². The van der Waals surface area contributed by atoms with Gasteiger partial charge in [0.15, 0.2) is 0 Å². The smallest absolute Gasteiger partial charge is 0.115 e. The maximum Gasteiger partial charge on any atom is 0.115 e. The lowest BCUT2D eigenvalue weighted by Gasteiger charge is -2.18. The van der Waals surface area contributed by atoms with Gasteiger partial charge in [-0.3, -0.25) is 0 Å². The van der Waals surface area contributed by atoms with Crippen LogP contribution in [0.5, 0.6) is 5.75 Å². The van der Waals surface area contributed by atoms with Crippen LogP contribution in [0.1, 0.15) is 12.5 Å². The molecule has 0 heterocycles. The van der Waals surface area contributed by atoms with Gasteiger partial charge in [0.25, 0.3) is 0 Å². The van der Waals surface area contributed by atoms with E-state index in [2.05, 4.69) is 4.90 Å². The first-order valence-electron chi connectivity index (χ1n) is 4.80. The fourth-order valence-corrected chi connectivity index (χ4v) is 1.52. The molecule has 0 radical (unpaired) electrons. The van der Waals surface area contributed by atoms with E-state index in [1.165, 1.54) is 0 Å². The minimum absolute atomic E-state index is 0.178. The molecule has 3 N–H and O–H groups in total. The number of rotatable bonds is 4. The van der Waals surface area contributed by atoms with Crippen LogP contribution in [-0.4, -0.2) is 29.6 Å². The maximum atomic E-state index is 9.26. The fourth-order valence-electron chi connectivity index (χ4n) is 1.52. The van der Waals surface area contributed by atoms with Gasteiger partial charge in [-0.15, -0.1) is 0 Å². The highest BCUT2D eigenvalue weighted by molar-refractivity contribution is 5.26. The molecule has 0 aliphatic heterocycles. The molecule has 0 saturated carbocycles. The second kappa shape index (κ2) is 4.98. The molecule has 0 aliphatic rings. The second-order valence-corrected chi connectivity index (χ2v) is 3.84. The van der Waals surface area contributed by atoms with Crippen LogP contribution in [0, 0.1) is 0 Å². The quantitative estimate of drug-likeness (QED) is 0.756. The molecule has 14 heavy (non-hydrogen) atoms. The van der Waals surface area contributed by atoms with Crippen molar-refractivity contribution < 1.29 is 5.11 Å². The highest BCUT2D eigenvalue weighted by Gasteiger charge is 2.03. The summed E-state index contributed by atoms with van der Waals surface area (Å²) in [5, 5.41) is 9.26. The van der Waals surface area contributed by atoms with Crippen molar-refractivity contribution in [1.29, 1.82) is 0 Å². The lowest BCUT2D eigenvalue weighted by atomic mass is 10.2. The van der Waals surface area contributed by atoms with Gasteiger partial charge in [0.1, 0.15) is 5.75 Å². The van der Waals surface area contributed by atoms with E-state index >= 15 is 0 Å². The molecule has 0 saturated heterocycles. The summed E-state index contributed by atoms with van der Waals surface area (Å²) in [6.07, 6.45) is 0. The van der Waals surface area contributed by atoms with Crippen LogP contribution in [0.25, 0.3) is 0 Å². The van der Waals surface area contributed by atoms with Crippen molar-refractivity contribution in [1.82, 2.24) is 4.90 Å². The number of phenols is 1. The highest BCUT2D eigenvalue weighted by Crippen LogP contribution is 2.12. The van der Waals surface area contributed by atoms with Gasteiger partial charge in [0, 0.05) is 19.1 Å². The molecule has 1 unspecified atom stereocenters. The van der Waals surface area contributed by atoms with Gasteiger partial charge in [0.05, 0.1) is 0 Å². The maximum absolute atomic E-state index is 9.26. The lowest BCUT2D eigenvalue weighted by molar-refractivity contribution is 0.309. The molecule has 3 heteroatoms. The van der Waals surface area contributed by atoms with Crippen molar-refractivity contribution in [3.8, 4) is 5.75 Å².